The number of nitrogens with zero attached hydrogens (tertiary/aromatic N) is 3. The van der Waals surface area contributed by atoms with E-state index in [1.807, 2.05) is 19.3 Å². The van der Waals surface area contributed by atoms with Crippen molar-refractivity contribution in [2.24, 2.45) is 7.05 Å². The molecule has 1 aliphatic heterocycles. The number of hydrogen-bond acceptors (Lipinski definition) is 6. The second kappa shape index (κ2) is 6.60. The van der Waals surface area contributed by atoms with Gasteiger partial charge in [-0.1, -0.05) is 0 Å². The summed E-state index contributed by atoms with van der Waals surface area (Å²) in [6.45, 7) is 2.42. The van der Waals surface area contributed by atoms with Gasteiger partial charge in [-0.05, 0) is 6.07 Å². The lowest BCUT2D eigenvalue weighted by molar-refractivity contribution is -0.109. The second-order valence-corrected chi connectivity index (χ2v) is 5.58. The fourth-order valence-corrected chi connectivity index (χ4v) is 2.83. The van der Waals surface area contributed by atoms with E-state index in [1.54, 1.807) is 10.9 Å². The van der Waals surface area contributed by atoms with Crippen LogP contribution in [-0.4, -0.2) is 58.4 Å². The molecule has 2 aromatic rings. The number of pyridine rings is 1. The van der Waals surface area contributed by atoms with Gasteiger partial charge in [-0.3, -0.25) is 4.68 Å². The van der Waals surface area contributed by atoms with Gasteiger partial charge in [0.2, 0.25) is 0 Å². The monoisotopic (exact) mass is 306 g/mol. The van der Waals surface area contributed by atoms with Crippen LogP contribution in [0.1, 0.15) is 12.8 Å². The second-order valence-electron chi connectivity index (χ2n) is 5.58. The number of fused-ring (bicyclic) bond motifs is 1. The van der Waals surface area contributed by atoms with E-state index in [4.69, 9.17) is 14.6 Å². The lowest BCUT2D eigenvalue weighted by atomic mass is 9.93. The summed E-state index contributed by atoms with van der Waals surface area (Å²) in [4.78, 5) is 4.34. The standard InChI is InChI=1S/C15H22N4O3/c1-19-14-12(10-18-19)13(2-5-16-14)17-11-15(22-9-6-20)3-7-21-8-4-15/h2,5,10,20H,3-4,6-9,11H2,1H3,(H,16,17). The third-order valence-electron chi connectivity index (χ3n) is 4.14. The number of hydrogen-bond donors (Lipinski definition) is 2. The van der Waals surface area contributed by atoms with E-state index in [0.29, 0.717) is 26.4 Å². The van der Waals surface area contributed by atoms with Gasteiger partial charge in [0.05, 0.1) is 30.4 Å². The van der Waals surface area contributed by atoms with Crippen LogP contribution < -0.4 is 5.32 Å². The summed E-state index contributed by atoms with van der Waals surface area (Å²) in [6, 6.07) is 1.95. The summed E-state index contributed by atoms with van der Waals surface area (Å²) in [6.07, 6.45) is 5.23. The Labute approximate surface area is 129 Å². The molecular formula is C15H22N4O3. The number of ether oxygens (including phenoxy) is 2. The summed E-state index contributed by atoms with van der Waals surface area (Å²) < 4.78 is 13.1. The number of anilines is 1. The fourth-order valence-electron chi connectivity index (χ4n) is 2.83. The first kappa shape index (κ1) is 15.2. The van der Waals surface area contributed by atoms with Crippen molar-refractivity contribution in [1.82, 2.24) is 14.8 Å². The highest BCUT2D eigenvalue weighted by molar-refractivity contribution is 5.88. The maximum atomic E-state index is 9.04. The molecule has 7 heteroatoms. The zero-order valence-corrected chi connectivity index (χ0v) is 12.8. The van der Waals surface area contributed by atoms with Gasteiger partial charge in [-0.25, -0.2) is 4.98 Å². The molecule has 0 spiro atoms. The third-order valence-corrected chi connectivity index (χ3v) is 4.14. The molecular weight excluding hydrogens is 284 g/mol. The topological polar surface area (TPSA) is 81.4 Å². The lowest BCUT2D eigenvalue weighted by Crippen LogP contribution is -2.45. The minimum atomic E-state index is -0.293. The van der Waals surface area contributed by atoms with Crippen molar-refractivity contribution >= 4 is 16.7 Å². The highest BCUT2D eigenvalue weighted by Crippen LogP contribution is 2.27. The Morgan fingerprint density at radius 2 is 2.27 bits per heavy atom. The Balaban J connectivity index is 1.75. The van der Waals surface area contributed by atoms with Gasteiger partial charge in [0, 0.05) is 51.5 Å². The third kappa shape index (κ3) is 3.06. The van der Waals surface area contributed by atoms with Crippen molar-refractivity contribution in [3.8, 4) is 0 Å². The first-order valence-electron chi connectivity index (χ1n) is 7.57. The Morgan fingerprint density at radius 3 is 3.05 bits per heavy atom. The molecule has 1 aliphatic rings. The molecule has 0 aliphatic carbocycles. The molecule has 0 amide bonds. The van der Waals surface area contributed by atoms with Crippen molar-refractivity contribution in [3.63, 3.8) is 0 Å². The Kier molecular flexibility index (Phi) is 4.56. The summed E-state index contributed by atoms with van der Waals surface area (Å²) in [7, 11) is 1.88. The largest absolute Gasteiger partial charge is 0.394 e. The molecule has 1 fully saturated rings. The Morgan fingerprint density at radius 1 is 1.45 bits per heavy atom. The first-order valence-corrected chi connectivity index (χ1v) is 7.57. The zero-order chi connectivity index (χ0) is 15.4. The van der Waals surface area contributed by atoms with E-state index in [0.717, 1.165) is 29.6 Å². The molecule has 1 saturated heterocycles. The Hall–Kier alpha value is -1.70. The number of rotatable bonds is 6. The molecule has 0 aromatic carbocycles. The van der Waals surface area contributed by atoms with E-state index in [9.17, 15) is 0 Å². The number of aryl methyl sites for hydroxylation is 1. The van der Waals surface area contributed by atoms with Gasteiger partial charge in [-0.15, -0.1) is 0 Å². The quantitative estimate of drug-likeness (QED) is 0.826. The molecule has 0 bridgehead atoms. The van der Waals surface area contributed by atoms with Crippen LogP contribution in [0.5, 0.6) is 0 Å². The van der Waals surface area contributed by atoms with Crippen LogP contribution >= 0.6 is 0 Å². The lowest BCUT2D eigenvalue weighted by Gasteiger charge is -2.37. The van der Waals surface area contributed by atoms with Crippen LogP contribution in [0, 0.1) is 0 Å². The van der Waals surface area contributed by atoms with E-state index in [2.05, 4.69) is 15.4 Å². The zero-order valence-electron chi connectivity index (χ0n) is 12.8. The van der Waals surface area contributed by atoms with Gasteiger partial charge in [-0.2, -0.15) is 5.10 Å². The van der Waals surface area contributed by atoms with E-state index < -0.39 is 0 Å². The van der Waals surface area contributed by atoms with Crippen molar-refractivity contribution in [2.45, 2.75) is 18.4 Å². The first-order chi connectivity index (χ1) is 10.7. The van der Waals surface area contributed by atoms with Gasteiger partial charge < -0.3 is 19.9 Å². The minimum Gasteiger partial charge on any atom is -0.394 e. The van der Waals surface area contributed by atoms with E-state index >= 15 is 0 Å². The SMILES string of the molecule is Cn1ncc2c(NCC3(OCCO)CCOCC3)ccnc21. The van der Waals surface area contributed by atoms with Gasteiger partial charge >= 0.3 is 0 Å². The van der Waals surface area contributed by atoms with Crippen molar-refractivity contribution in [2.75, 3.05) is 38.3 Å². The van der Waals surface area contributed by atoms with Gasteiger partial charge in [0.1, 0.15) is 0 Å². The van der Waals surface area contributed by atoms with E-state index in [1.165, 1.54) is 0 Å². The summed E-state index contributed by atoms with van der Waals surface area (Å²) in [5.74, 6) is 0. The van der Waals surface area contributed by atoms with E-state index in [-0.39, 0.29) is 12.2 Å². The van der Waals surface area contributed by atoms with Crippen LogP contribution in [0.2, 0.25) is 0 Å². The molecule has 0 unspecified atom stereocenters. The number of aromatic nitrogens is 3. The highest BCUT2D eigenvalue weighted by atomic mass is 16.5. The van der Waals surface area contributed by atoms with Gasteiger partial charge in [0.15, 0.2) is 5.65 Å². The highest BCUT2D eigenvalue weighted by Gasteiger charge is 2.33. The minimum absolute atomic E-state index is 0.0325. The summed E-state index contributed by atoms with van der Waals surface area (Å²) >= 11 is 0. The summed E-state index contributed by atoms with van der Waals surface area (Å²) in [5.41, 5.74) is 1.55. The molecule has 0 radical (unpaired) electrons. The van der Waals surface area contributed by atoms with Crippen LogP contribution in [-0.2, 0) is 16.5 Å². The average molecular weight is 306 g/mol. The van der Waals surface area contributed by atoms with Crippen LogP contribution in [0.3, 0.4) is 0 Å². The molecule has 2 aromatic heterocycles. The van der Waals surface area contributed by atoms with Crippen molar-refractivity contribution in [1.29, 1.82) is 0 Å². The fraction of sp³-hybridized carbons (Fsp3) is 0.600. The molecule has 7 nitrogen and oxygen atoms in total. The molecule has 22 heavy (non-hydrogen) atoms. The molecule has 3 heterocycles. The average Bonchev–Trinajstić information content (AvgIpc) is 2.94. The molecule has 2 N–H and O–H groups in total. The predicted octanol–water partition coefficient (Wildman–Crippen LogP) is 0.938. The smallest absolute Gasteiger partial charge is 0.159 e. The maximum absolute atomic E-state index is 9.04. The molecule has 120 valence electrons. The number of aliphatic hydroxyl groups is 1. The molecule has 0 saturated carbocycles. The molecule has 3 rings (SSSR count). The number of aliphatic hydroxyl groups excluding tert-OH is 1. The summed E-state index contributed by atoms with van der Waals surface area (Å²) in [5, 5.41) is 17.8. The Bertz CT molecular complexity index is 622. The van der Waals surface area contributed by atoms with Gasteiger partial charge in [0.25, 0.3) is 0 Å². The van der Waals surface area contributed by atoms with Crippen molar-refractivity contribution < 1.29 is 14.6 Å². The van der Waals surface area contributed by atoms with Crippen LogP contribution in [0.4, 0.5) is 5.69 Å². The van der Waals surface area contributed by atoms with Crippen molar-refractivity contribution in [3.05, 3.63) is 18.5 Å². The number of nitrogens with one attached hydrogen (secondary N) is 1. The maximum Gasteiger partial charge on any atom is 0.159 e. The van der Waals surface area contributed by atoms with Crippen LogP contribution in [0.25, 0.3) is 11.0 Å². The predicted molar refractivity (Wildman–Crippen MR) is 82.8 cm³/mol. The van der Waals surface area contributed by atoms with Crippen LogP contribution in [0.15, 0.2) is 18.5 Å². The normalized spacial score (nSPS) is 17.7. The molecule has 0 atom stereocenters.